The average molecular weight is 256 g/mol. The van der Waals surface area contributed by atoms with Crippen molar-refractivity contribution in [2.45, 2.75) is 53.1 Å². The molecule has 18 heavy (non-hydrogen) atoms. The van der Waals surface area contributed by atoms with E-state index in [0.29, 0.717) is 17.9 Å². The Kier molecular flexibility index (Phi) is 5.17. The number of hydrogen-bond acceptors (Lipinski definition) is 3. The van der Waals surface area contributed by atoms with Crippen LogP contribution in [0.1, 0.15) is 41.0 Å². The van der Waals surface area contributed by atoms with E-state index in [1.807, 2.05) is 13.8 Å². The number of nitrogens with one attached hydrogen (secondary N) is 1. The Hall–Kier alpha value is -0.610. The van der Waals surface area contributed by atoms with Gasteiger partial charge in [-0.15, -0.1) is 0 Å². The van der Waals surface area contributed by atoms with Gasteiger partial charge in [0.1, 0.15) is 6.04 Å². The number of carbonyl (C=O) groups is 1. The molecule has 0 spiro atoms. The topological polar surface area (TPSA) is 52.6 Å². The summed E-state index contributed by atoms with van der Waals surface area (Å²) in [5.74, 6) is -0.0751. The van der Waals surface area contributed by atoms with Crippen molar-refractivity contribution < 1.29 is 9.90 Å². The van der Waals surface area contributed by atoms with Crippen molar-refractivity contribution in [1.29, 1.82) is 0 Å². The Morgan fingerprint density at radius 3 is 2.44 bits per heavy atom. The molecule has 0 aromatic rings. The molecule has 1 aliphatic heterocycles. The molecule has 2 atom stereocenters. The average Bonchev–Trinajstić information content (AvgIpc) is 2.63. The zero-order valence-corrected chi connectivity index (χ0v) is 12.4. The third-order valence-corrected chi connectivity index (χ3v) is 3.77. The lowest BCUT2D eigenvalue weighted by Crippen LogP contribution is -2.48. The summed E-state index contributed by atoms with van der Waals surface area (Å²) in [5, 5.41) is 12.3. The summed E-state index contributed by atoms with van der Waals surface area (Å²) in [4.78, 5) is 13.5. The number of hydrogen-bond donors (Lipinski definition) is 2. The molecule has 1 rings (SSSR count). The Morgan fingerprint density at radius 1 is 1.44 bits per heavy atom. The SMILES string of the molecule is CC(C)NC(CN1CCC(C(C)(C)C)C1)C(=O)O. The molecule has 1 saturated heterocycles. The van der Waals surface area contributed by atoms with E-state index >= 15 is 0 Å². The molecule has 0 amide bonds. The van der Waals surface area contributed by atoms with Crippen LogP contribution in [-0.2, 0) is 4.79 Å². The molecule has 2 N–H and O–H groups in total. The first-order chi connectivity index (χ1) is 8.20. The van der Waals surface area contributed by atoms with Gasteiger partial charge in [-0.05, 0) is 24.3 Å². The summed E-state index contributed by atoms with van der Waals surface area (Å²) in [5.41, 5.74) is 0.318. The molecule has 0 radical (unpaired) electrons. The first kappa shape index (κ1) is 15.4. The van der Waals surface area contributed by atoms with Crippen LogP contribution >= 0.6 is 0 Å². The van der Waals surface area contributed by atoms with Crippen LogP contribution in [0.4, 0.5) is 0 Å². The maximum absolute atomic E-state index is 11.2. The van der Waals surface area contributed by atoms with E-state index in [4.69, 9.17) is 0 Å². The largest absolute Gasteiger partial charge is 0.480 e. The van der Waals surface area contributed by atoms with E-state index in [9.17, 15) is 9.90 Å². The van der Waals surface area contributed by atoms with Gasteiger partial charge in [0, 0.05) is 19.1 Å². The molecule has 1 heterocycles. The van der Waals surface area contributed by atoms with Gasteiger partial charge in [-0.3, -0.25) is 4.79 Å². The molecule has 2 unspecified atom stereocenters. The van der Waals surface area contributed by atoms with Crippen LogP contribution in [0, 0.1) is 11.3 Å². The number of carboxylic acids is 1. The normalized spacial score (nSPS) is 23.6. The minimum atomic E-state index is -0.747. The molecular weight excluding hydrogens is 228 g/mol. The van der Waals surface area contributed by atoms with Gasteiger partial charge in [-0.25, -0.2) is 0 Å². The monoisotopic (exact) mass is 256 g/mol. The Bertz CT molecular complexity index is 284. The van der Waals surface area contributed by atoms with E-state index in [0.717, 1.165) is 13.1 Å². The lowest BCUT2D eigenvalue weighted by molar-refractivity contribution is -0.140. The highest BCUT2D eigenvalue weighted by molar-refractivity contribution is 5.73. The van der Waals surface area contributed by atoms with Crippen LogP contribution in [0.25, 0.3) is 0 Å². The van der Waals surface area contributed by atoms with Crippen LogP contribution in [0.3, 0.4) is 0 Å². The summed E-state index contributed by atoms with van der Waals surface area (Å²) in [6.07, 6.45) is 1.18. The third-order valence-electron chi connectivity index (χ3n) is 3.77. The quantitative estimate of drug-likeness (QED) is 0.787. The second-order valence-corrected chi connectivity index (χ2v) is 6.82. The number of aliphatic carboxylic acids is 1. The first-order valence-corrected chi connectivity index (χ1v) is 6.91. The lowest BCUT2D eigenvalue weighted by atomic mass is 9.80. The highest BCUT2D eigenvalue weighted by Crippen LogP contribution is 2.33. The van der Waals surface area contributed by atoms with Crippen molar-refractivity contribution in [1.82, 2.24) is 10.2 Å². The van der Waals surface area contributed by atoms with E-state index in [-0.39, 0.29) is 6.04 Å². The minimum absolute atomic E-state index is 0.201. The Morgan fingerprint density at radius 2 is 2.06 bits per heavy atom. The Balaban J connectivity index is 2.49. The van der Waals surface area contributed by atoms with E-state index in [1.165, 1.54) is 6.42 Å². The second-order valence-electron chi connectivity index (χ2n) is 6.82. The van der Waals surface area contributed by atoms with Crippen LogP contribution < -0.4 is 5.32 Å². The molecule has 1 aliphatic rings. The van der Waals surface area contributed by atoms with Crippen molar-refractivity contribution >= 4 is 5.97 Å². The van der Waals surface area contributed by atoms with Gasteiger partial charge in [0.25, 0.3) is 0 Å². The van der Waals surface area contributed by atoms with Gasteiger partial charge in [0.2, 0.25) is 0 Å². The molecule has 4 nitrogen and oxygen atoms in total. The van der Waals surface area contributed by atoms with Crippen LogP contribution in [0.2, 0.25) is 0 Å². The van der Waals surface area contributed by atoms with Crippen LogP contribution in [0.5, 0.6) is 0 Å². The smallest absolute Gasteiger partial charge is 0.322 e. The standard InChI is InChI=1S/C14H28N2O2/c1-10(2)15-12(13(17)18)9-16-7-6-11(8-16)14(3,4)5/h10-12,15H,6-9H2,1-5H3,(H,17,18). The number of likely N-dealkylation sites (tertiary alicyclic amines) is 1. The summed E-state index contributed by atoms with van der Waals surface area (Å²) < 4.78 is 0. The number of nitrogens with zero attached hydrogens (tertiary/aromatic N) is 1. The molecule has 0 aromatic carbocycles. The highest BCUT2D eigenvalue weighted by Gasteiger charge is 2.33. The number of carboxylic acid groups (broad SMARTS) is 1. The van der Waals surface area contributed by atoms with Gasteiger partial charge in [0.05, 0.1) is 0 Å². The summed E-state index contributed by atoms with van der Waals surface area (Å²) in [7, 11) is 0. The van der Waals surface area contributed by atoms with Crippen molar-refractivity contribution in [2.24, 2.45) is 11.3 Å². The predicted molar refractivity (Wildman–Crippen MR) is 73.7 cm³/mol. The summed E-state index contributed by atoms with van der Waals surface area (Å²) in [6.45, 7) is 13.4. The van der Waals surface area contributed by atoms with Crippen molar-refractivity contribution in [3.05, 3.63) is 0 Å². The molecule has 0 aliphatic carbocycles. The van der Waals surface area contributed by atoms with Crippen molar-refractivity contribution in [3.63, 3.8) is 0 Å². The summed E-state index contributed by atoms with van der Waals surface area (Å²) in [6, 6.07) is -0.254. The zero-order chi connectivity index (χ0) is 13.9. The molecule has 0 saturated carbocycles. The highest BCUT2D eigenvalue weighted by atomic mass is 16.4. The van der Waals surface area contributed by atoms with Gasteiger partial charge in [0.15, 0.2) is 0 Å². The third kappa shape index (κ3) is 4.58. The van der Waals surface area contributed by atoms with E-state index in [2.05, 4.69) is 31.0 Å². The number of rotatable bonds is 5. The van der Waals surface area contributed by atoms with E-state index in [1.54, 1.807) is 0 Å². The molecular formula is C14H28N2O2. The fourth-order valence-corrected chi connectivity index (χ4v) is 2.57. The zero-order valence-electron chi connectivity index (χ0n) is 12.4. The second kappa shape index (κ2) is 6.02. The molecule has 1 fully saturated rings. The summed E-state index contributed by atoms with van der Waals surface area (Å²) >= 11 is 0. The van der Waals surface area contributed by atoms with Crippen LogP contribution in [-0.4, -0.2) is 47.7 Å². The fourth-order valence-electron chi connectivity index (χ4n) is 2.57. The fraction of sp³-hybridized carbons (Fsp3) is 0.929. The Labute approximate surface area is 111 Å². The minimum Gasteiger partial charge on any atom is -0.480 e. The maximum Gasteiger partial charge on any atom is 0.322 e. The molecule has 0 bridgehead atoms. The van der Waals surface area contributed by atoms with Gasteiger partial charge >= 0.3 is 5.97 Å². The van der Waals surface area contributed by atoms with Gasteiger partial charge < -0.3 is 15.3 Å². The predicted octanol–water partition coefficient (Wildman–Crippen LogP) is 1.81. The van der Waals surface area contributed by atoms with Crippen LogP contribution in [0.15, 0.2) is 0 Å². The van der Waals surface area contributed by atoms with E-state index < -0.39 is 12.0 Å². The van der Waals surface area contributed by atoms with Crippen molar-refractivity contribution in [3.8, 4) is 0 Å². The lowest BCUT2D eigenvalue weighted by Gasteiger charge is -2.28. The maximum atomic E-state index is 11.2. The van der Waals surface area contributed by atoms with Crippen molar-refractivity contribution in [2.75, 3.05) is 19.6 Å². The molecule has 4 heteroatoms. The molecule has 106 valence electrons. The van der Waals surface area contributed by atoms with Gasteiger partial charge in [-0.2, -0.15) is 0 Å². The van der Waals surface area contributed by atoms with Gasteiger partial charge in [-0.1, -0.05) is 34.6 Å². The molecule has 0 aromatic heterocycles. The first-order valence-electron chi connectivity index (χ1n) is 6.91.